The first kappa shape index (κ1) is 13.6. The lowest BCUT2D eigenvalue weighted by molar-refractivity contribution is 0.146. The molecule has 0 aliphatic rings. The largest absolute Gasteiger partial charge is 0.391 e. The number of rotatable bonds is 3. The van der Waals surface area contributed by atoms with Crippen molar-refractivity contribution in [3.05, 3.63) is 27.1 Å². The molecule has 2 atom stereocenters. The Morgan fingerprint density at radius 2 is 2.17 bits per heavy atom. The summed E-state index contributed by atoms with van der Waals surface area (Å²) in [4.78, 5) is 8.31. The predicted octanol–water partition coefficient (Wildman–Crippen LogP) is 2.04. The van der Waals surface area contributed by atoms with Crippen molar-refractivity contribution < 1.29 is 9.63 Å². The molecule has 2 aromatic rings. The van der Waals surface area contributed by atoms with Gasteiger partial charge in [-0.3, -0.25) is 4.98 Å². The zero-order valence-electron chi connectivity index (χ0n) is 9.34. The van der Waals surface area contributed by atoms with E-state index in [4.69, 9.17) is 10.3 Å². The molecular weight excluding hydrogens is 368 g/mol. The second kappa shape index (κ2) is 5.43. The van der Waals surface area contributed by atoms with Gasteiger partial charge < -0.3 is 15.4 Å². The molecule has 6 nitrogen and oxygen atoms in total. The minimum atomic E-state index is -0.764. The quantitative estimate of drug-likeness (QED) is 0.849. The number of nitrogens with two attached hydrogens (primary N) is 1. The molecule has 18 heavy (non-hydrogen) atoms. The van der Waals surface area contributed by atoms with Crippen LogP contribution >= 0.6 is 31.9 Å². The molecule has 0 bridgehead atoms. The third kappa shape index (κ3) is 2.77. The maximum absolute atomic E-state index is 9.36. The fraction of sp³-hybridized carbons (Fsp3) is 0.300. The van der Waals surface area contributed by atoms with Gasteiger partial charge in [-0.05, 0) is 44.8 Å². The van der Waals surface area contributed by atoms with Crippen molar-refractivity contribution in [2.75, 3.05) is 0 Å². The second-order valence-electron chi connectivity index (χ2n) is 3.71. The minimum absolute atomic E-state index is 0.177. The summed E-state index contributed by atoms with van der Waals surface area (Å²) in [6, 6.07) is 1.12. The molecule has 2 heterocycles. The van der Waals surface area contributed by atoms with E-state index >= 15 is 0 Å². The van der Waals surface area contributed by atoms with E-state index < -0.39 is 12.1 Å². The van der Waals surface area contributed by atoms with E-state index in [0.29, 0.717) is 11.5 Å². The fourth-order valence-electron chi connectivity index (χ4n) is 1.25. The topological polar surface area (TPSA) is 98.1 Å². The van der Waals surface area contributed by atoms with Crippen LogP contribution in [0.5, 0.6) is 0 Å². The van der Waals surface area contributed by atoms with Crippen LogP contribution in [0.3, 0.4) is 0 Å². The van der Waals surface area contributed by atoms with Crippen molar-refractivity contribution in [2.24, 2.45) is 5.73 Å². The Bertz CT molecular complexity index is 559. The Balaban J connectivity index is 2.35. The van der Waals surface area contributed by atoms with Gasteiger partial charge in [-0.25, -0.2) is 0 Å². The van der Waals surface area contributed by atoms with Crippen LogP contribution in [-0.4, -0.2) is 26.3 Å². The van der Waals surface area contributed by atoms with Gasteiger partial charge in [0.05, 0.1) is 6.10 Å². The summed E-state index contributed by atoms with van der Waals surface area (Å²) in [6.45, 7) is 1.56. The number of aromatic nitrogens is 3. The normalized spacial score (nSPS) is 14.5. The minimum Gasteiger partial charge on any atom is -0.391 e. The summed E-state index contributed by atoms with van der Waals surface area (Å²) < 4.78 is 6.58. The monoisotopic (exact) mass is 376 g/mol. The van der Waals surface area contributed by atoms with Crippen molar-refractivity contribution >= 4 is 31.9 Å². The van der Waals surface area contributed by atoms with Gasteiger partial charge in [0.15, 0.2) is 0 Å². The van der Waals surface area contributed by atoms with Crippen LogP contribution < -0.4 is 5.73 Å². The molecule has 0 fully saturated rings. The molecule has 8 heteroatoms. The molecule has 0 saturated heterocycles. The van der Waals surface area contributed by atoms with Gasteiger partial charge in [-0.15, -0.1) is 0 Å². The first-order valence-corrected chi connectivity index (χ1v) is 6.66. The maximum atomic E-state index is 9.36. The summed E-state index contributed by atoms with van der Waals surface area (Å²) in [5.41, 5.74) is 6.25. The lowest BCUT2D eigenvalue weighted by atomic mass is 10.2. The van der Waals surface area contributed by atoms with Crippen LogP contribution in [0, 0.1) is 0 Å². The van der Waals surface area contributed by atoms with Crippen molar-refractivity contribution in [1.29, 1.82) is 0 Å². The highest BCUT2D eigenvalue weighted by Crippen LogP contribution is 2.27. The average Bonchev–Trinajstić information content (AvgIpc) is 2.77. The first-order valence-electron chi connectivity index (χ1n) is 5.07. The molecule has 3 N–H and O–H groups in total. The third-order valence-electron chi connectivity index (χ3n) is 2.27. The van der Waals surface area contributed by atoms with Gasteiger partial charge >= 0.3 is 0 Å². The summed E-state index contributed by atoms with van der Waals surface area (Å²) in [6.07, 6.45) is 0.865. The smallest absolute Gasteiger partial charge is 0.246 e. The molecule has 0 aliphatic carbocycles. The number of aliphatic hydroxyl groups excluding tert-OH is 1. The number of nitrogens with zero attached hydrogens (tertiary/aromatic N) is 3. The van der Waals surface area contributed by atoms with Crippen LogP contribution in [0.1, 0.15) is 18.9 Å². The molecule has 2 rings (SSSR count). The molecule has 2 aromatic heterocycles. The zero-order chi connectivity index (χ0) is 13.3. The molecular formula is C10H10Br2N4O2. The van der Waals surface area contributed by atoms with E-state index in [1.165, 1.54) is 0 Å². The molecule has 0 saturated carbocycles. The van der Waals surface area contributed by atoms with E-state index in [0.717, 1.165) is 8.95 Å². The van der Waals surface area contributed by atoms with Gasteiger partial charge in [0.1, 0.15) is 11.7 Å². The highest BCUT2D eigenvalue weighted by molar-refractivity contribution is 9.11. The van der Waals surface area contributed by atoms with Crippen LogP contribution in [0.25, 0.3) is 11.5 Å². The van der Waals surface area contributed by atoms with Crippen LogP contribution in [0.2, 0.25) is 0 Å². The molecule has 0 unspecified atom stereocenters. The predicted molar refractivity (Wildman–Crippen MR) is 71.5 cm³/mol. The number of pyridine rings is 1. The summed E-state index contributed by atoms with van der Waals surface area (Å²) in [7, 11) is 0. The molecule has 0 spiro atoms. The second-order valence-corrected chi connectivity index (χ2v) is 5.48. The lowest BCUT2D eigenvalue weighted by Gasteiger charge is -2.08. The van der Waals surface area contributed by atoms with Crippen molar-refractivity contribution in [3.63, 3.8) is 0 Å². The zero-order valence-corrected chi connectivity index (χ0v) is 12.5. The molecule has 0 aliphatic heterocycles. The summed E-state index contributed by atoms with van der Waals surface area (Å²) >= 11 is 6.67. The van der Waals surface area contributed by atoms with E-state index in [9.17, 15) is 5.11 Å². The number of halogens is 2. The van der Waals surface area contributed by atoms with E-state index in [2.05, 4.69) is 47.0 Å². The Labute approximate surface area is 120 Å². The Hall–Kier alpha value is -0.830. The standard InChI is InChI=1S/C10H10Br2N4O2/c1-4(17)7(13)10-15-9(16-18-10)8-6(12)2-5(11)3-14-8/h2-4,7,17H,13H2,1H3/t4-,7+/m1/s1. The third-order valence-corrected chi connectivity index (χ3v) is 3.30. The van der Waals surface area contributed by atoms with Gasteiger partial charge in [0, 0.05) is 15.1 Å². The van der Waals surface area contributed by atoms with Crippen molar-refractivity contribution in [1.82, 2.24) is 15.1 Å². The lowest BCUT2D eigenvalue weighted by Crippen LogP contribution is -2.23. The van der Waals surface area contributed by atoms with Gasteiger partial charge in [0.2, 0.25) is 11.7 Å². The van der Waals surface area contributed by atoms with Gasteiger partial charge in [-0.1, -0.05) is 5.16 Å². The maximum Gasteiger partial charge on any atom is 0.246 e. The molecule has 0 amide bonds. The highest BCUT2D eigenvalue weighted by atomic mass is 79.9. The Morgan fingerprint density at radius 3 is 2.78 bits per heavy atom. The number of hydrogen-bond acceptors (Lipinski definition) is 6. The van der Waals surface area contributed by atoms with Gasteiger partial charge in [0.25, 0.3) is 0 Å². The Kier molecular flexibility index (Phi) is 4.10. The number of hydrogen-bond donors (Lipinski definition) is 2. The van der Waals surface area contributed by atoms with E-state index in [-0.39, 0.29) is 5.89 Å². The SMILES string of the molecule is C[C@@H](O)[C@H](N)c1nc(-c2ncc(Br)cc2Br)no1. The molecule has 0 aromatic carbocycles. The van der Waals surface area contributed by atoms with Crippen LogP contribution in [-0.2, 0) is 0 Å². The van der Waals surface area contributed by atoms with E-state index in [1.54, 1.807) is 13.1 Å². The first-order chi connectivity index (χ1) is 8.49. The van der Waals surface area contributed by atoms with Crippen LogP contribution in [0.15, 0.2) is 25.7 Å². The highest BCUT2D eigenvalue weighted by Gasteiger charge is 2.21. The summed E-state index contributed by atoms with van der Waals surface area (Å²) in [5.74, 6) is 0.497. The molecule has 0 radical (unpaired) electrons. The van der Waals surface area contributed by atoms with E-state index in [1.807, 2.05) is 6.07 Å². The molecule has 96 valence electrons. The van der Waals surface area contributed by atoms with Gasteiger partial charge in [-0.2, -0.15) is 4.98 Å². The Morgan fingerprint density at radius 1 is 1.44 bits per heavy atom. The summed E-state index contributed by atoms with van der Waals surface area (Å²) in [5, 5.41) is 13.2. The van der Waals surface area contributed by atoms with Crippen molar-refractivity contribution in [2.45, 2.75) is 19.1 Å². The van der Waals surface area contributed by atoms with Crippen molar-refractivity contribution in [3.8, 4) is 11.5 Å². The number of aliphatic hydroxyl groups is 1. The average molecular weight is 378 g/mol. The van der Waals surface area contributed by atoms with Crippen LogP contribution in [0.4, 0.5) is 0 Å². The fourth-order valence-corrected chi connectivity index (χ4v) is 2.42.